The molecule has 3 heterocycles. The Bertz CT molecular complexity index is 1200. The van der Waals surface area contributed by atoms with E-state index in [1.165, 1.54) is 54.2 Å². The van der Waals surface area contributed by atoms with Crippen molar-refractivity contribution in [2.24, 2.45) is 16.0 Å². The van der Waals surface area contributed by atoms with E-state index < -0.39 is 11.9 Å². The van der Waals surface area contributed by atoms with Gasteiger partial charge < -0.3 is 9.52 Å². The number of furan rings is 1. The molecule has 1 aliphatic carbocycles. The number of aliphatic imine (C=N–C) groups is 1. The summed E-state index contributed by atoms with van der Waals surface area (Å²) in [6, 6.07) is 9.75. The van der Waals surface area contributed by atoms with Crippen LogP contribution in [0.4, 0.5) is 0 Å². The van der Waals surface area contributed by atoms with E-state index in [0.29, 0.717) is 28.2 Å². The highest BCUT2D eigenvalue weighted by atomic mass is 32.2. The Hall–Kier alpha value is -3.46. The SMILES string of the molecule is N=C1C(=Cc2ccc(-c3ccc(C(=O)O)cc3)o2)C(=O)N=C2SC(C3CCCCC3)=NN12. The van der Waals surface area contributed by atoms with E-state index in [4.69, 9.17) is 14.9 Å². The number of rotatable bonds is 4. The summed E-state index contributed by atoms with van der Waals surface area (Å²) >= 11 is 1.39. The van der Waals surface area contributed by atoms with Crippen LogP contribution in [0.25, 0.3) is 17.4 Å². The second-order valence-corrected chi connectivity index (χ2v) is 8.87. The van der Waals surface area contributed by atoms with Crippen LogP contribution >= 0.6 is 11.8 Å². The van der Waals surface area contributed by atoms with Crippen molar-refractivity contribution in [2.75, 3.05) is 0 Å². The zero-order valence-corrected chi connectivity index (χ0v) is 17.9. The van der Waals surface area contributed by atoms with Crippen molar-refractivity contribution in [3.8, 4) is 11.3 Å². The molecule has 0 spiro atoms. The van der Waals surface area contributed by atoms with Gasteiger partial charge in [-0.3, -0.25) is 10.2 Å². The first kappa shape index (κ1) is 20.4. The minimum atomic E-state index is -0.995. The van der Waals surface area contributed by atoms with E-state index in [2.05, 4.69) is 10.1 Å². The maximum Gasteiger partial charge on any atom is 0.335 e. The molecule has 5 rings (SSSR count). The summed E-state index contributed by atoms with van der Waals surface area (Å²) in [6.45, 7) is 0. The molecular formula is C23H20N4O4S. The quantitative estimate of drug-likeness (QED) is 0.646. The molecule has 32 heavy (non-hydrogen) atoms. The molecule has 2 aromatic rings. The third-order valence-corrected chi connectivity index (χ3v) is 6.83. The summed E-state index contributed by atoms with van der Waals surface area (Å²) in [5.41, 5.74) is 1.02. The molecule has 1 saturated carbocycles. The van der Waals surface area contributed by atoms with Crippen molar-refractivity contribution >= 4 is 45.8 Å². The molecule has 9 heteroatoms. The van der Waals surface area contributed by atoms with Gasteiger partial charge in [-0.2, -0.15) is 15.1 Å². The van der Waals surface area contributed by atoms with Crippen LogP contribution in [0.15, 0.2) is 56.5 Å². The molecule has 0 unspecified atom stereocenters. The van der Waals surface area contributed by atoms with Crippen LogP contribution in [0, 0.1) is 11.3 Å². The minimum Gasteiger partial charge on any atom is -0.478 e. The van der Waals surface area contributed by atoms with Gasteiger partial charge in [0.05, 0.1) is 11.1 Å². The number of nitrogens with one attached hydrogen (secondary N) is 1. The average Bonchev–Trinajstić information content (AvgIpc) is 3.45. The number of carboxylic acid groups (broad SMARTS) is 1. The van der Waals surface area contributed by atoms with Gasteiger partial charge in [-0.25, -0.2) is 4.79 Å². The number of fused-ring (bicyclic) bond motifs is 1. The van der Waals surface area contributed by atoms with Gasteiger partial charge in [0.25, 0.3) is 5.91 Å². The first-order chi connectivity index (χ1) is 15.5. The predicted molar refractivity (Wildman–Crippen MR) is 123 cm³/mol. The lowest BCUT2D eigenvalue weighted by Gasteiger charge is -2.20. The van der Waals surface area contributed by atoms with Gasteiger partial charge in [0.1, 0.15) is 16.6 Å². The van der Waals surface area contributed by atoms with Gasteiger partial charge in [-0.15, -0.1) is 0 Å². The molecule has 162 valence electrons. The fourth-order valence-electron chi connectivity index (χ4n) is 4.03. The number of hydrazone groups is 1. The maximum absolute atomic E-state index is 12.6. The Kier molecular flexibility index (Phi) is 5.26. The molecule has 0 bridgehead atoms. The second kappa shape index (κ2) is 8.23. The monoisotopic (exact) mass is 448 g/mol. The lowest BCUT2D eigenvalue weighted by atomic mass is 9.90. The van der Waals surface area contributed by atoms with E-state index in [1.54, 1.807) is 24.3 Å². The van der Waals surface area contributed by atoms with Crippen LogP contribution in [-0.2, 0) is 4.79 Å². The Morgan fingerprint density at radius 1 is 1.16 bits per heavy atom. The topological polar surface area (TPSA) is 119 Å². The van der Waals surface area contributed by atoms with Gasteiger partial charge in [-0.05, 0) is 54.9 Å². The van der Waals surface area contributed by atoms with Crippen LogP contribution in [0.1, 0.15) is 48.2 Å². The van der Waals surface area contributed by atoms with Crippen LogP contribution in [0.2, 0.25) is 0 Å². The molecule has 1 aromatic heterocycles. The molecule has 2 aliphatic heterocycles. The summed E-state index contributed by atoms with van der Waals surface area (Å²) in [4.78, 5) is 27.8. The summed E-state index contributed by atoms with van der Waals surface area (Å²) in [7, 11) is 0. The van der Waals surface area contributed by atoms with Crippen molar-refractivity contribution in [1.29, 1.82) is 5.41 Å². The minimum absolute atomic E-state index is 0.0120. The molecule has 3 aliphatic rings. The van der Waals surface area contributed by atoms with E-state index in [0.717, 1.165) is 17.9 Å². The lowest BCUT2D eigenvalue weighted by molar-refractivity contribution is -0.114. The highest BCUT2D eigenvalue weighted by Gasteiger charge is 2.38. The van der Waals surface area contributed by atoms with Crippen molar-refractivity contribution in [1.82, 2.24) is 5.01 Å². The first-order valence-electron chi connectivity index (χ1n) is 10.4. The van der Waals surface area contributed by atoms with Gasteiger partial charge in [0.2, 0.25) is 5.17 Å². The normalized spacial score (nSPS) is 20.4. The fourth-order valence-corrected chi connectivity index (χ4v) is 5.09. The van der Waals surface area contributed by atoms with Crippen LogP contribution in [-0.4, -0.2) is 38.0 Å². The van der Waals surface area contributed by atoms with Crippen LogP contribution < -0.4 is 0 Å². The van der Waals surface area contributed by atoms with Crippen LogP contribution in [0.5, 0.6) is 0 Å². The average molecular weight is 449 g/mol. The third-order valence-electron chi connectivity index (χ3n) is 5.75. The van der Waals surface area contributed by atoms with Gasteiger partial charge in [0.15, 0.2) is 5.84 Å². The highest BCUT2D eigenvalue weighted by molar-refractivity contribution is 8.27. The van der Waals surface area contributed by atoms with Crippen LogP contribution in [0.3, 0.4) is 0 Å². The largest absolute Gasteiger partial charge is 0.478 e. The zero-order valence-electron chi connectivity index (χ0n) is 17.1. The van der Waals surface area contributed by atoms with E-state index in [1.807, 2.05) is 0 Å². The van der Waals surface area contributed by atoms with Crippen molar-refractivity contribution in [3.05, 3.63) is 53.3 Å². The Morgan fingerprint density at radius 2 is 1.91 bits per heavy atom. The number of carbonyl (C=O) groups is 2. The number of nitrogens with zero attached hydrogens (tertiary/aromatic N) is 3. The molecule has 1 fully saturated rings. The summed E-state index contributed by atoms with van der Waals surface area (Å²) < 4.78 is 5.82. The maximum atomic E-state index is 12.6. The molecule has 2 N–H and O–H groups in total. The Morgan fingerprint density at radius 3 is 2.62 bits per heavy atom. The lowest BCUT2D eigenvalue weighted by Crippen LogP contribution is -2.35. The number of benzene rings is 1. The standard InChI is InChI=1S/C23H20N4O4S/c24-19-17(12-16-10-11-18(31-16)13-6-8-15(9-7-13)22(29)30)20(28)25-23-27(19)26-21(32-23)14-4-2-1-3-5-14/h6-12,14,24H,1-5H2,(H,29,30). The third kappa shape index (κ3) is 3.80. The predicted octanol–water partition coefficient (Wildman–Crippen LogP) is 4.84. The number of aromatic carboxylic acids is 1. The molecule has 0 saturated heterocycles. The first-order valence-corrected chi connectivity index (χ1v) is 11.2. The smallest absolute Gasteiger partial charge is 0.335 e. The number of hydrogen-bond acceptors (Lipinski definition) is 6. The Balaban J connectivity index is 1.38. The van der Waals surface area contributed by atoms with Crippen molar-refractivity contribution < 1.29 is 19.1 Å². The molecule has 0 radical (unpaired) electrons. The van der Waals surface area contributed by atoms with Crippen molar-refractivity contribution in [3.63, 3.8) is 0 Å². The summed E-state index contributed by atoms with van der Waals surface area (Å²) in [5.74, 6) is -0.193. The number of thioether (sulfide) groups is 1. The number of carboxylic acids is 1. The van der Waals surface area contributed by atoms with E-state index in [-0.39, 0.29) is 17.0 Å². The summed E-state index contributed by atoms with van der Waals surface area (Å²) in [6.07, 6.45) is 7.27. The highest BCUT2D eigenvalue weighted by Crippen LogP contribution is 2.36. The fraction of sp³-hybridized carbons (Fsp3) is 0.261. The molecule has 1 amide bonds. The number of carbonyl (C=O) groups excluding carboxylic acids is 1. The number of amides is 1. The Labute approximate surface area is 188 Å². The van der Waals surface area contributed by atoms with E-state index >= 15 is 0 Å². The number of hydrogen-bond donors (Lipinski definition) is 2. The molecule has 8 nitrogen and oxygen atoms in total. The molecule has 1 aromatic carbocycles. The van der Waals surface area contributed by atoms with Gasteiger partial charge >= 0.3 is 5.97 Å². The molecule has 0 atom stereocenters. The van der Waals surface area contributed by atoms with E-state index in [9.17, 15) is 9.59 Å². The van der Waals surface area contributed by atoms with Gasteiger partial charge in [-0.1, -0.05) is 31.4 Å². The molecular weight excluding hydrogens is 428 g/mol. The second-order valence-electron chi connectivity index (χ2n) is 7.88. The number of amidine groups is 2. The zero-order chi connectivity index (χ0) is 22.2. The van der Waals surface area contributed by atoms with Gasteiger partial charge in [0, 0.05) is 11.5 Å². The van der Waals surface area contributed by atoms with Crippen molar-refractivity contribution in [2.45, 2.75) is 32.1 Å². The summed E-state index contributed by atoms with van der Waals surface area (Å²) in [5, 5.41) is 25.0.